The lowest BCUT2D eigenvalue weighted by Gasteiger charge is -2.12. The van der Waals surface area contributed by atoms with Crippen LogP contribution in [-0.4, -0.2) is 8.75 Å². The Bertz CT molecular complexity index is 2080. The van der Waals surface area contributed by atoms with Crippen molar-refractivity contribution in [3.63, 3.8) is 0 Å². The number of allylic oxidation sites excluding steroid dienone is 7. The van der Waals surface area contributed by atoms with Gasteiger partial charge in [-0.05, 0) is 54.3 Å². The summed E-state index contributed by atoms with van der Waals surface area (Å²) < 4.78 is 63.8. The molecule has 0 radical (unpaired) electrons. The largest absolute Gasteiger partial charge is 0.396 e. The molecule has 3 aromatic heterocycles. The van der Waals surface area contributed by atoms with Crippen LogP contribution in [0.25, 0.3) is 53.8 Å². The summed E-state index contributed by atoms with van der Waals surface area (Å²) in [5.74, 6) is 1.04. The van der Waals surface area contributed by atoms with Gasteiger partial charge in [0.1, 0.15) is 22.7 Å². The molecule has 0 fully saturated rings. The third-order valence-electron chi connectivity index (χ3n) is 6.75. The van der Waals surface area contributed by atoms with Crippen LogP contribution in [0.4, 0.5) is 28.9 Å². The fourth-order valence-corrected chi connectivity index (χ4v) is 7.29. The average Bonchev–Trinajstić information content (AvgIpc) is 3.88. The second-order valence-electron chi connectivity index (χ2n) is 9.49. The number of nitrogen functional groups attached to an aromatic ring is 2. The Balaban J connectivity index is 0.00000120. The molecule has 4 nitrogen and oxygen atoms in total. The molecular formula is C36H32F4N4S3. The number of benzene rings is 2. The number of hydrogen-bond acceptors (Lipinski definition) is 7. The highest BCUT2D eigenvalue weighted by atomic mass is 32.1. The molecule has 0 unspecified atom stereocenters. The first kappa shape index (κ1) is 35.4. The summed E-state index contributed by atoms with van der Waals surface area (Å²) in [5, 5.41) is 0. The molecule has 0 spiro atoms. The lowest BCUT2D eigenvalue weighted by Crippen LogP contribution is -2.00. The maximum Gasteiger partial charge on any atom is 0.205 e. The zero-order valence-corrected chi connectivity index (χ0v) is 28.8. The third kappa shape index (κ3) is 7.41. The highest BCUT2D eigenvalue weighted by molar-refractivity contribution is 7.19. The Morgan fingerprint density at radius 2 is 1.30 bits per heavy atom. The Hall–Kier alpha value is -4.50. The van der Waals surface area contributed by atoms with E-state index in [1.807, 2.05) is 52.0 Å². The molecule has 2 aromatic carbocycles. The van der Waals surface area contributed by atoms with Gasteiger partial charge in [-0.1, -0.05) is 70.0 Å². The van der Waals surface area contributed by atoms with E-state index in [1.165, 1.54) is 34.8 Å². The van der Waals surface area contributed by atoms with Gasteiger partial charge in [-0.15, -0.1) is 22.7 Å². The lowest BCUT2D eigenvalue weighted by atomic mass is 10.0. The van der Waals surface area contributed by atoms with Crippen LogP contribution in [0.1, 0.15) is 51.5 Å². The summed E-state index contributed by atoms with van der Waals surface area (Å²) in [4.78, 5) is 3.36. The Morgan fingerprint density at radius 1 is 0.766 bits per heavy atom. The number of thiophene rings is 2. The highest BCUT2D eigenvalue weighted by Crippen LogP contribution is 2.49. The van der Waals surface area contributed by atoms with Crippen molar-refractivity contribution in [2.75, 3.05) is 11.5 Å². The topological polar surface area (TPSA) is 77.8 Å². The van der Waals surface area contributed by atoms with Gasteiger partial charge >= 0.3 is 0 Å². The van der Waals surface area contributed by atoms with E-state index in [-0.39, 0.29) is 12.0 Å². The molecule has 4 N–H and O–H groups in total. The number of halogens is 4. The van der Waals surface area contributed by atoms with E-state index in [4.69, 9.17) is 11.5 Å². The van der Waals surface area contributed by atoms with E-state index in [0.717, 1.165) is 43.7 Å². The van der Waals surface area contributed by atoms with Gasteiger partial charge in [0, 0.05) is 42.6 Å². The standard InChI is InChI=1S/C32H20F4N4S3.2C2H6/c1-16(33)28(36)19-10-8-18(9-11-19)23-13-15-25(42-23)27-30(38)29(37)26(31-32(27)40-43-39-31)24-14-12-22(41-24)17-4-2-6-20(34)21(35)7-3-5-17;2*1-2/h2,4-5,8-15H,6,37-38H2,1H3;2*1-2H3/b4-2-,17-5+,21-20-,28-16-;;. The Kier molecular flexibility index (Phi) is 11.9. The van der Waals surface area contributed by atoms with E-state index in [2.05, 4.69) is 20.6 Å². The molecule has 0 amide bonds. The van der Waals surface area contributed by atoms with Crippen molar-refractivity contribution in [1.29, 1.82) is 0 Å². The summed E-state index contributed by atoms with van der Waals surface area (Å²) >= 11 is 3.95. The summed E-state index contributed by atoms with van der Waals surface area (Å²) in [6.07, 6.45) is 4.61. The highest BCUT2D eigenvalue weighted by Gasteiger charge is 2.24. The van der Waals surface area contributed by atoms with E-state index in [0.29, 0.717) is 39.1 Å². The van der Waals surface area contributed by atoms with Gasteiger partial charge < -0.3 is 11.5 Å². The predicted octanol–water partition coefficient (Wildman–Crippen LogP) is 12.2. The van der Waals surface area contributed by atoms with Gasteiger partial charge in [-0.2, -0.15) is 13.1 Å². The number of anilines is 2. The number of aromatic nitrogens is 2. The molecule has 47 heavy (non-hydrogen) atoms. The summed E-state index contributed by atoms with van der Waals surface area (Å²) in [7, 11) is 0. The fraction of sp³-hybridized carbons (Fsp3) is 0.167. The van der Waals surface area contributed by atoms with Gasteiger partial charge in [0.05, 0.1) is 23.1 Å². The van der Waals surface area contributed by atoms with Crippen molar-refractivity contribution in [3.05, 3.63) is 94.7 Å². The van der Waals surface area contributed by atoms with Crippen LogP contribution in [0.15, 0.2) is 84.2 Å². The second-order valence-corrected chi connectivity index (χ2v) is 12.2. The van der Waals surface area contributed by atoms with Crippen LogP contribution in [-0.2, 0) is 0 Å². The summed E-state index contributed by atoms with van der Waals surface area (Å²) in [6, 6.07) is 14.2. The van der Waals surface area contributed by atoms with Crippen LogP contribution in [0.5, 0.6) is 0 Å². The zero-order chi connectivity index (χ0) is 34.2. The molecule has 1 aliphatic rings. The molecule has 0 bridgehead atoms. The lowest BCUT2D eigenvalue weighted by molar-refractivity contribution is 0.545. The van der Waals surface area contributed by atoms with Crippen LogP contribution < -0.4 is 11.5 Å². The first-order chi connectivity index (χ1) is 22.7. The number of hydrogen-bond donors (Lipinski definition) is 2. The molecule has 0 saturated carbocycles. The van der Waals surface area contributed by atoms with Crippen LogP contribution >= 0.6 is 34.4 Å². The molecular weight excluding hydrogens is 661 g/mol. The second kappa shape index (κ2) is 15.9. The van der Waals surface area contributed by atoms with Crippen molar-refractivity contribution in [2.45, 2.75) is 41.0 Å². The zero-order valence-electron chi connectivity index (χ0n) is 26.3. The molecule has 0 saturated heterocycles. The fourth-order valence-electron chi connectivity index (χ4n) is 4.60. The third-order valence-corrected chi connectivity index (χ3v) is 9.58. The maximum absolute atomic E-state index is 14.0. The first-order valence-corrected chi connectivity index (χ1v) is 17.2. The minimum atomic E-state index is -1.07. The minimum absolute atomic E-state index is 0.171. The van der Waals surface area contributed by atoms with Gasteiger partial charge in [0.15, 0.2) is 5.83 Å². The number of nitrogens with two attached hydrogens (primary N) is 2. The molecule has 11 heteroatoms. The molecule has 1 aliphatic carbocycles. The maximum atomic E-state index is 14.0. The van der Waals surface area contributed by atoms with Gasteiger partial charge in [-0.25, -0.2) is 13.2 Å². The quantitative estimate of drug-likeness (QED) is 0.109. The molecule has 3 heterocycles. The van der Waals surface area contributed by atoms with E-state index in [1.54, 1.807) is 30.4 Å². The first-order valence-electron chi connectivity index (χ1n) is 14.8. The molecule has 0 atom stereocenters. The van der Waals surface area contributed by atoms with Gasteiger partial charge in [0.25, 0.3) is 0 Å². The minimum Gasteiger partial charge on any atom is -0.396 e. The molecule has 0 aliphatic heterocycles. The number of rotatable bonds is 5. The summed E-state index contributed by atoms with van der Waals surface area (Å²) in [6.45, 7) is 9.08. The van der Waals surface area contributed by atoms with Crippen LogP contribution in [0.2, 0.25) is 0 Å². The molecule has 6 rings (SSSR count). The van der Waals surface area contributed by atoms with Crippen molar-refractivity contribution in [2.24, 2.45) is 0 Å². The SMILES string of the molecule is C/C(F)=C(/F)c1ccc(-c2ccc(-c3c(N)c(N)c(-c4ccc(C5=C/C#C/C(F)=C(/F)C/C=C\5)s4)c4nsnc34)s2)cc1.CC.CC. The number of fused-ring (bicyclic) bond motifs is 1. The van der Waals surface area contributed by atoms with Crippen molar-refractivity contribution >= 4 is 68.2 Å². The van der Waals surface area contributed by atoms with Crippen LogP contribution in [0, 0.1) is 11.8 Å². The molecule has 5 aromatic rings. The normalized spacial score (nSPS) is 16.5. The predicted molar refractivity (Wildman–Crippen MR) is 195 cm³/mol. The van der Waals surface area contributed by atoms with E-state index >= 15 is 0 Å². The van der Waals surface area contributed by atoms with E-state index < -0.39 is 23.3 Å². The van der Waals surface area contributed by atoms with Crippen molar-refractivity contribution < 1.29 is 17.6 Å². The average molecular weight is 693 g/mol. The summed E-state index contributed by atoms with van der Waals surface area (Å²) in [5.41, 5.74) is 18.3. The Morgan fingerprint density at radius 3 is 1.87 bits per heavy atom. The van der Waals surface area contributed by atoms with E-state index in [9.17, 15) is 17.6 Å². The van der Waals surface area contributed by atoms with Gasteiger partial charge in [-0.3, -0.25) is 0 Å². The molecule has 242 valence electrons. The smallest absolute Gasteiger partial charge is 0.205 e. The van der Waals surface area contributed by atoms with Gasteiger partial charge in [0.2, 0.25) is 5.83 Å². The Labute approximate surface area is 283 Å². The van der Waals surface area contributed by atoms with Crippen molar-refractivity contribution in [1.82, 2.24) is 8.75 Å². The van der Waals surface area contributed by atoms with Crippen molar-refractivity contribution in [3.8, 4) is 43.2 Å². The monoisotopic (exact) mass is 692 g/mol. The van der Waals surface area contributed by atoms with Crippen LogP contribution in [0.3, 0.4) is 0 Å². The number of nitrogens with zero attached hydrogens (tertiary/aromatic N) is 2.